The van der Waals surface area contributed by atoms with E-state index < -0.39 is 5.97 Å². The molecule has 1 amide bonds. The maximum absolute atomic E-state index is 11.9. The molecular formula is C13H15N3O4. The van der Waals surface area contributed by atoms with Crippen molar-refractivity contribution in [1.82, 2.24) is 4.73 Å². The number of hydrogen-bond acceptors (Lipinski definition) is 5. The molecular weight excluding hydrogens is 262 g/mol. The molecule has 0 aliphatic heterocycles. The van der Waals surface area contributed by atoms with Crippen molar-refractivity contribution < 1.29 is 19.5 Å². The Kier molecular flexibility index (Phi) is 3.51. The summed E-state index contributed by atoms with van der Waals surface area (Å²) in [7, 11) is 0. The smallest absolute Gasteiger partial charge is 0.342 e. The number of esters is 1. The zero-order chi connectivity index (χ0) is 14.9. The zero-order valence-electron chi connectivity index (χ0n) is 11.1. The zero-order valence-corrected chi connectivity index (χ0v) is 11.1. The Morgan fingerprint density at radius 1 is 1.45 bits per heavy atom. The molecule has 0 atom stereocenters. The van der Waals surface area contributed by atoms with Crippen LogP contribution in [0.2, 0.25) is 0 Å². The molecule has 1 aromatic heterocycles. The first kappa shape index (κ1) is 13.7. The van der Waals surface area contributed by atoms with E-state index in [0.717, 1.165) is 0 Å². The summed E-state index contributed by atoms with van der Waals surface area (Å²) in [6.07, 6.45) is 0. The van der Waals surface area contributed by atoms with Gasteiger partial charge in [0, 0.05) is 18.0 Å². The van der Waals surface area contributed by atoms with Gasteiger partial charge in [0.1, 0.15) is 5.56 Å². The summed E-state index contributed by atoms with van der Waals surface area (Å²) in [5.74, 6) is -0.938. The van der Waals surface area contributed by atoms with Crippen molar-refractivity contribution in [3.8, 4) is 0 Å². The molecule has 4 N–H and O–H groups in total. The summed E-state index contributed by atoms with van der Waals surface area (Å²) < 4.78 is 5.61. The van der Waals surface area contributed by atoms with E-state index in [0.29, 0.717) is 21.3 Å². The molecule has 0 unspecified atom stereocenters. The second-order valence-electron chi connectivity index (χ2n) is 4.21. The summed E-state index contributed by atoms with van der Waals surface area (Å²) >= 11 is 0. The molecule has 106 valence electrons. The van der Waals surface area contributed by atoms with Gasteiger partial charge in [-0.3, -0.25) is 4.79 Å². The molecule has 0 fully saturated rings. The van der Waals surface area contributed by atoms with Crippen molar-refractivity contribution in [3.63, 3.8) is 0 Å². The van der Waals surface area contributed by atoms with Gasteiger partial charge in [-0.05, 0) is 25.1 Å². The van der Waals surface area contributed by atoms with Crippen molar-refractivity contribution in [1.29, 1.82) is 0 Å². The first-order valence-electron chi connectivity index (χ1n) is 6.03. The lowest BCUT2D eigenvalue weighted by molar-refractivity contribution is -0.114. The fourth-order valence-electron chi connectivity index (χ4n) is 1.99. The summed E-state index contributed by atoms with van der Waals surface area (Å²) in [4.78, 5) is 22.9. The summed E-state index contributed by atoms with van der Waals surface area (Å²) in [6, 6.07) is 4.73. The quantitative estimate of drug-likeness (QED) is 0.583. The average molecular weight is 277 g/mol. The lowest BCUT2D eigenvalue weighted by Crippen LogP contribution is -2.08. The SMILES string of the molecule is CCOC(=O)c1c(N)n(O)c2cc(NC(C)=O)ccc12. The summed E-state index contributed by atoms with van der Waals surface area (Å²) in [6.45, 7) is 3.27. The number of nitrogens with two attached hydrogens (primary N) is 1. The molecule has 1 heterocycles. The number of fused-ring (bicyclic) bond motifs is 1. The molecule has 20 heavy (non-hydrogen) atoms. The molecule has 7 heteroatoms. The van der Waals surface area contributed by atoms with Gasteiger partial charge in [-0.1, -0.05) is 0 Å². The Labute approximate surface area is 114 Å². The van der Waals surface area contributed by atoms with Crippen LogP contribution in [0.3, 0.4) is 0 Å². The third-order valence-electron chi connectivity index (χ3n) is 2.78. The number of nitrogens with one attached hydrogen (secondary N) is 1. The molecule has 0 aliphatic rings. The van der Waals surface area contributed by atoms with E-state index in [1.54, 1.807) is 19.1 Å². The van der Waals surface area contributed by atoms with Gasteiger partial charge in [0.15, 0.2) is 5.82 Å². The second kappa shape index (κ2) is 5.12. The molecule has 7 nitrogen and oxygen atoms in total. The Morgan fingerprint density at radius 3 is 2.75 bits per heavy atom. The van der Waals surface area contributed by atoms with E-state index in [-0.39, 0.29) is 23.9 Å². The molecule has 0 spiro atoms. The van der Waals surface area contributed by atoms with Crippen LogP contribution in [0.1, 0.15) is 24.2 Å². The lowest BCUT2D eigenvalue weighted by Gasteiger charge is -2.03. The normalized spacial score (nSPS) is 10.5. The number of amides is 1. The molecule has 0 aliphatic carbocycles. The molecule has 2 aromatic rings. The number of hydrogen-bond donors (Lipinski definition) is 3. The molecule has 0 radical (unpaired) electrons. The van der Waals surface area contributed by atoms with Crippen LogP contribution in [0.15, 0.2) is 18.2 Å². The van der Waals surface area contributed by atoms with Crippen LogP contribution in [-0.2, 0) is 9.53 Å². The van der Waals surface area contributed by atoms with Gasteiger partial charge in [0.05, 0.1) is 12.1 Å². The fourth-order valence-corrected chi connectivity index (χ4v) is 1.99. The molecule has 0 saturated heterocycles. The number of rotatable bonds is 3. The highest BCUT2D eigenvalue weighted by Crippen LogP contribution is 2.29. The highest BCUT2D eigenvalue weighted by atomic mass is 16.5. The molecule has 0 saturated carbocycles. The average Bonchev–Trinajstić information content (AvgIpc) is 2.62. The lowest BCUT2D eigenvalue weighted by atomic mass is 10.1. The van der Waals surface area contributed by atoms with Crippen molar-refractivity contribution in [2.45, 2.75) is 13.8 Å². The Morgan fingerprint density at radius 2 is 2.15 bits per heavy atom. The van der Waals surface area contributed by atoms with Crippen molar-refractivity contribution in [2.75, 3.05) is 17.7 Å². The van der Waals surface area contributed by atoms with E-state index in [2.05, 4.69) is 5.32 Å². The predicted octanol–water partition coefficient (Wildman–Crippen LogP) is 1.60. The van der Waals surface area contributed by atoms with Crippen LogP contribution >= 0.6 is 0 Å². The highest BCUT2D eigenvalue weighted by Gasteiger charge is 2.22. The van der Waals surface area contributed by atoms with E-state index >= 15 is 0 Å². The van der Waals surface area contributed by atoms with Crippen LogP contribution in [-0.4, -0.2) is 28.4 Å². The minimum Gasteiger partial charge on any atom is -0.462 e. The van der Waals surface area contributed by atoms with Gasteiger partial charge in [0.2, 0.25) is 5.91 Å². The number of carbonyl (C=O) groups is 2. The fraction of sp³-hybridized carbons (Fsp3) is 0.231. The van der Waals surface area contributed by atoms with E-state index in [9.17, 15) is 14.8 Å². The number of ether oxygens (including phenoxy) is 1. The van der Waals surface area contributed by atoms with Crippen molar-refractivity contribution in [3.05, 3.63) is 23.8 Å². The first-order chi connectivity index (χ1) is 9.45. The van der Waals surface area contributed by atoms with Gasteiger partial charge in [-0.2, -0.15) is 4.73 Å². The number of anilines is 2. The third kappa shape index (κ3) is 2.25. The van der Waals surface area contributed by atoms with Crippen molar-refractivity contribution >= 4 is 34.3 Å². The highest BCUT2D eigenvalue weighted by molar-refractivity contribution is 6.10. The van der Waals surface area contributed by atoms with Crippen molar-refractivity contribution in [2.24, 2.45) is 0 Å². The Bertz CT molecular complexity index is 690. The monoisotopic (exact) mass is 277 g/mol. The first-order valence-corrected chi connectivity index (χ1v) is 6.03. The number of aromatic nitrogens is 1. The summed E-state index contributed by atoms with van der Waals surface area (Å²) in [5, 5.41) is 13.0. The topological polar surface area (TPSA) is 107 Å². The summed E-state index contributed by atoms with van der Waals surface area (Å²) in [5.41, 5.74) is 6.64. The molecule has 0 bridgehead atoms. The van der Waals surface area contributed by atoms with Crippen LogP contribution in [0.4, 0.5) is 11.5 Å². The van der Waals surface area contributed by atoms with Crippen LogP contribution in [0, 0.1) is 0 Å². The largest absolute Gasteiger partial charge is 0.462 e. The maximum atomic E-state index is 11.9. The number of nitrogen functional groups attached to an aromatic ring is 1. The molecule has 1 aromatic carbocycles. The Hall–Kier alpha value is -2.70. The van der Waals surface area contributed by atoms with Gasteiger partial charge in [-0.25, -0.2) is 4.79 Å². The van der Waals surface area contributed by atoms with E-state index in [1.807, 2.05) is 0 Å². The van der Waals surface area contributed by atoms with E-state index in [4.69, 9.17) is 10.5 Å². The number of nitrogens with zero attached hydrogens (tertiary/aromatic N) is 1. The maximum Gasteiger partial charge on any atom is 0.342 e. The van der Waals surface area contributed by atoms with Crippen LogP contribution in [0.5, 0.6) is 0 Å². The predicted molar refractivity (Wildman–Crippen MR) is 73.8 cm³/mol. The van der Waals surface area contributed by atoms with Crippen LogP contribution < -0.4 is 11.1 Å². The van der Waals surface area contributed by atoms with Gasteiger partial charge >= 0.3 is 5.97 Å². The van der Waals surface area contributed by atoms with Gasteiger partial charge in [0.25, 0.3) is 0 Å². The molecule has 2 rings (SSSR count). The van der Waals surface area contributed by atoms with Gasteiger partial charge < -0.3 is 21.0 Å². The second-order valence-corrected chi connectivity index (χ2v) is 4.21. The number of benzene rings is 1. The minimum atomic E-state index is -0.602. The van der Waals surface area contributed by atoms with Crippen LogP contribution in [0.25, 0.3) is 10.9 Å². The van der Waals surface area contributed by atoms with E-state index in [1.165, 1.54) is 13.0 Å². The minimum absolute atomic E-state index is 0.0987. The number of carbonyl (C=O) groups excluding carboxylic acids is 2. The Balaban J connectivity index is 2.59. The third-order valence-corrected chi connectivity index (χ3v) is 2.78. The standard InChI is InChI=1S/C13H15N3O4/c1-3-20-13(18)11-9-5-4-8(15-7(2)17)6-10(9)16(19)12(11)14/h4-6,19H,3,14H2,1-2H3,(H,15,17). The van der Waals surface area contributed by atoms with Gasteiger partial charge in [-0.15, -0.1) is 0 Å².